The SMILES string of the molecule is C[C@@H](O)c1ccc(N(C)C2CCCCC2O)c([N+](=O)[O-])c1. The van der Waals surface area contributed by atoms with Crippen molar-refractivity contribution in [3.8, 4) is 0 Å². The second kappa shape index (κ2) is 6.41. The minimum Gasteiger partial charge on any atom is -0.391 e. The minimum atomic E-state index is -0.747. The Morgan fingerprint density at radius 2 is 2.05 bits per heavy atom. The molecule has 0 bridgehead atoms. The number of likely N-dealkylation sites (N-methyl/N-ethyl adjacent to an activating group) is 1. The standard InChI is InChI=1S/C15H22N2O4/c1-10(18)11-7-8-12(14(9-11)17(20)21)16(2)13-5-3-4-6-15(13)19/h7-10,13,15,18-19H,3-6H2,1-2H3/t10-,13?,15?/m1/s1. The van der Waals surface area contributed by atoms with E-state index in [9.17, 15) is 20.3 Å². The van der Waals surface area contributed by atoms with Crippen LogP contribution in [-0.4, -0.2) is 34.3 Å². The van der Waals surface area contributed by atoms with E-state index in [1.165, 1.54) is 6.07 Å². The van der Waals surface area contributed by atoms with Gasteiger partial charge in [0.1, 0.15) is 5.69 Å². The van der Waals surface area contributed by atoms with E-state index in [1.807, 2.05) is 0 Å². The van der Waals surface area contributed by atoms with E-state index in [1.54, 1.807) is 31.0 Å². The van der Waals surface area contributed by atoms with Gasteiger partial charge in [0.15, 0.2) is 0 Å². The molecular weight excluding hydrogens is 272 g/mol. The molecule has 0 saturated heterocycles. The fraction of sp³-hybridized carbons (Fsp3) is 0.600. The molecular formula is C15H22N2O4. The van der Waals surface area contributed by atoms with Crippen molar-refractivity contribution in [3.05, 3.63) is 33.9 Å². The van der Waals surface area contributed by atoms with Gasteiger partial charge in [-0.2, -0.15) is 0 Å². The summed E-state index contributed by atoms with van der Waals surface area (Å²) in [6, 6.07) is 4.65. The van der Waals surface area contributed by atoms with Crippen molar-refractivity contribution in [1.82, 2.24) is 0 Å². The van der Waals surface area contributed by atoms with Gasteiger partial charge in [0.25, 0.3) is 5.69 Å². The van der Waals surface area contributed by atoms with Crippen molar-refractivity contribution in [1.29, 1.82) is 0 Å². The molecule has 0 aliphatic heterocycles. The van der Waals surface area contributed by atoms with Gasteiger partial charge in [-0.15, -0.1) is 0 Å². The summed E-state index contributed by atoms with van der Waals surface area (Å²) in [6.07, 6.45) is 2.37. The van der Waals surface area contributed by atoms with Gasteiger partial charge in [0.05, 0.1) is 23.2 Å². The normalized spacial score (nSPS) is 23.6. The number of nitrogens with zero attached hydrogens (tertiary/aromatic N) is 2. The van der Waals surface area contributed by atoms with Gasteiger partial charge in [0.2, 0.25) is 0 Å². The van der Waals surface area contributed by atoms with E-state index in [0.717, 1.165) is 25.7 Å². The molecule has 1 aromatic carbocycles. The molecule has 6 heteroatoms. The molecule has 0 amide bonds. The number of rotatable bonds is 4. The maximum Gasteiger partial charge on any atom is 0.292 e. The number of nitro benzene ring substituents is 1. The first-order valence-corrected chi connectivity index (χ1v) is 7.29. The van der Waals surface area contributed by atoms with Crippen LogP contribution in [0.15, 0.2) is 18.2 Å². The molecule has 3 atom stereocenters. The highest BCUT2D eigenvalue weighted by molar-refractivity contribution is 5.64. The largest absolute Gasteiger partial charge is 0.391 e. The average molecular weight is 294 g/mol. The van der Waals surface area contributed by atoms with Crippen LogP contribution < -0.4 is 4.90 Å². The van der Waals surface area contributed by atoms with Crippen molar-refractivity contribution >= 4 is 11.4 Å². The summed E-state index contributed by atoms with van der Waals surface area (Å²) in [4.78, 5) is 12.7. The minimum absolute atomic E-state index is 0.0336. The van der Waals surface area contributed by atoms with Crippen molar-refractivity contribution < 1.29 is 15.1 Å². The van der Waals surface area contributed by atoms with Crippen LogP contribution in [0.3, 0.4) is 0 Å². The third-order valence-corrected chi connectivity index (χ3v) is 4.25. The molecule has 6 nitrogen and oxygen atoms in total. The first-order valence-electron chi connectivity index (χ1n) is 7.29. The van der Waals surface area contributed by atoms with Gasteiger partial charge in [0, 0.05) is 13.1 Å². The van der Waals surface area contributed by atoms with Crippen molar-refractivity contribution in [2.75, 3.05) is 11.9 Å². The Morgan fingerprint density at radius 1 is 1.38 bits per heavy atom. The van der Waals surface area contributed by atoms with Crippen LogP contribution in [0, 0.1) is 10.1 Å². The maximum absolute atomic E-state index is 11.3. The molecule has 1 fully saturated rings. The highest BCUT2D eigenvalue weighted by atomic mass is 16.6. The second-order valence-electron chi connectivity index (χ2n) is 5.71. The Bertz CT molecular complexity index is 518. The molecule has 0 spiro atoms. The fourth-order valence-electron chi connectivity index (χ4n) is 2.97. The highest BCUT2D eigenvalue weighted by Gasteiger charge is 2.30. The Kier molecular flexibility index (Phi) is 4.80. The first kappa shape index (κ1) is 15.7. The van der Waals surface area contributed by atoms with Gasteiger partial charge in [-0.05, 0) is 31.4 Å². The van der Waals surface area contributed by atoms with Crippen molar-refractivity contribution in [2.45, 2.75) is 50.9 Å². The van der Waals surface area contributed by atoms with Gasteiger partial charge in [-0.1, -0.05) is 18.9 Å². The number of anilines is 1. The average Bonchev–Trinajstić information content (AvgIpc) is 2.46. The monoisotopic (exact) mass is 294 g/mol. The molecule has 116 valence electrons. The highest BCUT2D eigenvalue weighted by Crippen LogP contribution is 2.34. The van der Waals surface area contributed by atoms with E-state index in [2.05, 4.69) is 0 Å². The second-order valence-corrected chi connectivity index (χ2v) is 5.71. The van der Waals surface area contributed by atoms with Crippen LogP contribution >= 0.6 is 0 Å². The summed E-state index contributed by atoms with van der Waals surface area (Å²) in [5.41, 5.74) is 0.965. The molecule has 0 heterocycles. The number of aliphatic hydroxyl groups excluding tert-OH is 2. The zero-order valence-corrected chi connectivity index (χ0v) is 12.4. The van der Waals surface area contributed by atoms with Crippen LogP contribution in [0.1, 0.15) is 44.3 Å². The molecule has 0 radical (unpaired) electrons. The molecule has 1 aliphatic rings. The lowest BCUT2D eigenvalue weighted by Crippen LogP contribution is -2.43. The molecule has 2 N–H and O–H groups in total. The quantitative estimate of drug-likeness (QED) is 0.657. The van der Waals surface area contributed by atoms with E-state index >= 15 is 0 Å². The fourth-order valence-corrected chi connectivity index (χ4v) is 2.97. The lowest BCUT2D eigenvalue weighted by atomic mass is 9.91. The number of hydrogen-bond donors (Lipinski definition) is 2. The Balaban J connectivity index is 2.35. The summed E-state index contributed by atoms with van der Waals surface area (Å²) in [5.74, 6) is 0. The van der Waals surface area contributed by atoms with Crippen LogP contribution in [0.5, 0.6) is 0 Å². The molecule has 2 rings (SSSR count). The topological polar surface area (TPSA) is 86.8 Å². The number of hydrogen-bond acceptors (Lipinski definition) is 5. The van der Waals surface area contributed by atoms with Crippen LogP contribution in [0.2, 0.25) is 0 Å². The smallest absolute Gasteiger partial charge is 0.292 e. The van der Waals surface area contributed by atoms with Crippen LogP contribution in [0.4, 0.5) is 11.4 Å². The summed E-state index contributed by atoms with van der Waals surface area (Å²) in [6.45, 7) is 1.58. The van der Waals surface area contributed by atoms with Crippen LogP contribution in [0.25, 0.3) is 0 Å². The van der Waals surface area contributed by atoms with Crippen LogP contribution in [-0.2, 0) is 0 Å². The van der Waals surface area contributed by atoms with E-state index in [4.69, 9.17) is 0 Å². The lowest BCUT2D eigenvalue weighted by molar-refractivity contribution is -0.384. The Hall–Kier alpha value is -1.66. The van der Waals surface area contributed by atoms with E-state index < -0.39 is 17.1 Å². The molecule has 1 aromatic rings. The molecule has 1 saturated carbocycles. The summed E-state index contributed by atoms with van der Waals surface area (Å²) in [5, 5.41) is 31.0. The molecule has 1 aliphatic carbocycles. The Morgan fingerprint density at radius 3 is 2.62 bits per heavy atom. The molecule has 2 unspecified atom stereocenters. The Labute approximate surface area is 124 Å². The summed E-state index contributed by atoms with van der Waals surface area (Å²) < 4.78 is 0. The van der Waals surface area contributed by atoms with Crippen molar-refractivity contribution in [2.24, 2.45) is 0 Å². The predicted molar refractivity (Wildman–Crippen MR) is 80.4 cm³/mol. The third-order valence-electron chi connectivity index (χ3n) is 4.25. The predicted octanol–water partition coefficient (Wildman–Crippen LogP) is 2.39. The van der Waals surface area contributed by atoms with E-state index in [-0.39, 0.29) is 11.7 Å². The zero-order valence-electron chi connectivity index (χ0n) is 12.4. The third kappa shape index (κ3) is 3.33. The maximum atomic E-state index is 11.3. The zero-order chi connectivity index (χ0) is 15.6. The molecule has 21 heavy (non-hydrogen) atoms. The number of aliphatic hydroxyl groups is 2. The molecule has 0 aromatic heterocycles. The van der Waals surface area contributed by atoms with Gasteiger partial charge in [-0.3, -0.25) is 10.1 Å². The van der Waals surface area contributed by atoms with Gasteiger partial charge < -0.3 is 15.1 Å². The summed E-state index contributed by atoms with van der Waals surface area (Å²) >= 11 is 0. The lowest BCUT2D eigenvalue weighted by Gasteiger charge is -2.36. The van der Waals surface area contributed by atoms with Crippen molar-refractivity contribution in [3.63, 3.8) is 0 Å². The first-order chi connectivity index (χ1) is 9.91. The van der Waals surface area contributed by atoms with Gasteiger partial charge >= 0.3 is 0 Å². The number of benzene rings is 1. The van der Waals surface area contributed by atoms with Gasteiger partial charge in [-0.25, -0.2) is 0 Å². The number of nitro groups is 1. The van der Waals surface area contributed by atoms with E-state index in [0.29, 0.717) is 11.3 Å². The summed E-state index contributed by atoms with van der Waals surface area (Å²) in [7, 11) is 1.78.